The zero-order chi connectivity index (χ0) is 44.5. The molecule has 3 heterocycles. The normalized spacial score (nSPS) is 23.1. The topological polar surface area (TPSA) is 277 Å². The number of hydrogen-bond acceptors (Lipinski definition) is 14. The number of nitrogens with one attached hydrogen (secondary N) is 4. The molecule has 4 rings (SSSR count). The van der Waals surface area contributed by atoms with E-state index in [1.165, 1.54) is 86.4 Å². The highest BCUT2D eigenvalue weighted by Gasteiger charge is 2.56. The third-order valence-electron chi connectivity index (χ3n) is 10.5. The third-order valence-corrected chi connectivity index (χ3v) is 10.5. The minimum Gasteiger partial charge on any atom is -0.543 e. The molecule has 2 aromatic rings. The highest BCUT2D eigenvalue weighted by atomic mass is 16.8. The van der Waals surface area contributed by atoms with Crippen LogP contribution in [0.2, 0.25) is 0 Å². The molecule has 21 heteroatoms. The van der Waals surface area contributed by atoms with Gasteiger partial charge in [-0.05, 0) is 88.0 Å². The quantitative estimate of drug-likeness (QED) is 0.0528. The number of carbonyl (C=O) groups is 5. The van der Waals surface area contributed by atoms with Gasteiger partial charge in [-0.15, -0.1) is 5.46 Å². The van der Waals surface area contributed by atoms with Crippen molar-refractivity contribution < 1.29 is 57.8 Å². The first-order valence-electron chi connectivity index (χ1n) is 19.1. The van der Waals surface area contributed by atoms with Crippen LogP contribution in [0.4, 0.5) is 5.82 Å². The van der Waals surface area contributed by atoms with Gasteiger partial charge in [0.2, 0.25) is 17.7 Å². The summed E-state index contributed by atoms with van der Waals surface area (Å²) in [6.45, 7) is 12.2. The number of carbonyl (C=O) groups excluding carboxylic acids is 5. The SMILES string of the molecule is COC(=O)[C@@](C)([13CH3])NC(=O)C(C)(C)NC(=O)C(C)(C)NC(=O)C(C)(C)NC(=O)C(C)(C)[NH2+]Cc1ccccc1[B@-]1(OC)O[C@@H]2[C@H](O1)[C@@H](CO)O[C@H]2n1ccc(N)nc1=O. The van der Waals surface area contributed by atoms with E-state index in [4.69, 9.17) is 29.2 Å². The van der Waals surface area contributed by atoms with Crippen LogP contribution >= 0.6 is 0 Å². The van der Waals surface area contributed by atoms with Gasteiger partial charge in [0.1, 0.15) is 34.1 Å². The molecule has 20 nitrogen and oxygen atoms in total. The smallest absolute Gasteiger partial charge is 0.410 e. The van der Waals surface area contributed by atoms with Crippen LogP contribution in [0, 0.1) is 0 Å². The lowest BCUT2D eigenvalue weighted by Crippen LogP contribution is -2.97. The monoisotopic (exact) mass is 831 g/mol. The van der Waals surface area contributed by atoms with Gasteiger partial charge >= 0.3 is 18.4 Å². The Balaban J connectivity index is 1.43. The number of aliphatic hydroxyl groups excluding tert-OH is 1. The Hall–Kier alpha value is -4.93. The number of ether oxygens (including phenoxy) is 2. The predicted octanol–water partition coefficient (Wildman–Crippen LogP) is -2.41. The Morgan fingerprint density at radius 3 is 1.83 bits per heavy atom. The van der Waals surface area contributed by atoms with Gasteiger partial charge in [-0.25, -0.2) is 9.59 Å². The highest BCUT2D eigenvalue weighted by Crippen LogP contribution is 2.41. The van der Waals surface area contributed by atoms with Crippen molar-refractivity contribution in [2.45, 2.75) is 128 Å². The fourth-order valence-corrected chi connectivity index (χ4v) is 6.60. The molecule has 1 aromatic carbocycles. The van der Waals surface area contributed by atoms with Crippen LogP contribution in [0.25, 0.3) is 0 Å². The largest absolute Gasteiger partial charge is 0.543 e. The number of hydrogen-bond donors (Lipinski definition) is 7. The summed E-state index contributed by atoms with van der Waals surface area (Å²) in [4.78, 5) is 82.5. The number of esters is 1. The second-order valence-electron chi connectivity index (χ2n) is 17.5. The van der Waals surface area contributed by atoms with Crippen molar-refractivity contribution in [1.29, 1.82) is 0 Å². The standard InChI is InChI=1S/C38H58BN8O12/c1-34(2,28(49)43-35(3,4)29(50)44-36(5,6)30(51)45-37(7,8)31(52)46-38(9,10)32(53)55-11)41-19-21-15-13-14-16-22(21)39(56-12)58-25-23(20-48)57-27(26(25)59-39)47-18-17-24(40)42-33(47)54/h13-18,23,25-27,41,48H,19-20H2,1-12H3,(H,43,49)(H,44,50)(H,45,51)(H,46,52)(H2,40,42,54)/q-1/p+1/t23-,25-,26-,27-,39-/m1/s1/i9+1/t23-,25-,26-,27-,38+,39-. The molecule has 6 atom stereocenters. The molecule has 2 aliphatic rings. The summed E-state index contributed by atoms with van der Waals surface area (Å²) in [7, 11) is 2.61. The van der Waals surface area contributed by atoms with Gasteiger partial charge in [0.25, 0.3) is 5.91 Å². The summed E-state index contributed by atoms with van der Waals surface area (Å²) in [6.07, 6.45) is -2.15. The van der Waals surface area contributed by atoms with Crippen molar-refractivity contribution in [3.05, 3.63) is 52.6 Å². The number of methoxy groups -OCH3 is 1. The first-order chi connectivity index (χ1) is 27.2. The molecule has 0 radical (unpaired) electrons. The zero-order valence-electron chi connectivity index (χ0n) is 35.8. The predicted molar refractivity (Wildman–Crippen MR) is 213 cm³/mol. The number of aliphatic hydroxyl groups is 1. The molecule has 2 saturated heterocycles. The number of fused-ring (bicyclic) bond motifs is 1. The van der Waals surface area contributed by atoms with Crippen LogP contribution in [0.5, 0.6) is 0 Å². The molecule has 326 valence electrons. The van der Waals surface area contributed by atoms with Crippen molar-refractivity contribution in [3.8, 4) is 0 Å². The lowest BCUT2D eigenvalue weighted by Gasteiger charge is -2.38. The zero-order valence-corrected chi connectivity index (χ0v) is 35.8. The van der Waals surface area contributed by atoms with E-state index in [0.717, 1.165) is 0 Å². The molecule has 1 aromatic heterocycles. The van der Waals surface area contributed by atoms with E-state index in [1.807, 2.05) is 6.07 Å². The van der Waals surface area contributed by atoms with Gasteiger partial charge < -0.3 is 60.9 Å². The highest BCUT2D eigenvalue weighted by molar-refractivity contribution is 6.76. The number of nitrogen functional groups attached to an aromatic ring is 1. The first kappa shape index (κ1) is 46.8. The van der Waals surface area contributed by atoms with Crippen LogP contribution in [-0.2, 0) is 54.0 Å². The molecule has 0 bridgehead atoms. The number of rotatable bonds is 16. The van der Waals surface area contributed by atoms with Crippen LogP contribution in [0.15, 0.2) is 41.3 Å². The minimum atomic E-state index is -2.66. The van der Waals surface area contributed by atoms with Crippen molar-refractivity contribution in [1.82, 2.24) is 30.8 Å². The summed E-state index contributed by atoms with van der Waals surface area (Å²) in [5.41, 5.74) is -0.848. The Morgan fingerprint density at radius 1 is 0.814 bits per heavy atom. The molecule has 0 aliphatic carbocycles. The minimum absolute atomic E-state index is 0.0319. The second kappa shape index (κ2) is 17.0. The Labute approximate surface area is 343 Å². The molecule has 4 amide bonds. The molecule has 2 fully saturated rings. The van der Waals surface area contributed by atoms with Crippen molar-refractivity contribution in [2.24, 2.45) is 0 Å². The van der Waals surface area contributed by atoms with E-state index in [2.05, 4.69) is 26.3 Å². The summed E-state index contributed by atoms with van der Waals surface area (Å²) >= 11 is 0. The fraction of sp³-hybridized carbons (Fsp3) is 0.605. The number of nitrogens with two attached hydrogens (primary N) is 2. The Morgan fingerprint density at radius 2 is 1.32 bits per heavy atom. The second-order valence-corrected chi connectivity index (χ2v) is 17.5. The number of anilines is 1. The van der Waals surface area contributed by atoms with Crippen molar-refractivity contribution >= 4 is 47.6 Å². The summed E-state index contributed by atoms with van der Waals surface area (Å²) in [5, 5.41) is 22.6. The number of nitrogens with zero attached hydrogens (tertiary/aromatic N) is 2. The van der Waals surface area contributed by atoms with Crippen molar-refractivity contribution in [3.63, 3.8) is 0 Å². The Bertz CT molecular complexity index is 2000. The van der Waals surface area contributed by atoms with Crippen LogP contribution in [0.1, 0.15) is 81.0 Å². The van der Waals surface area contributed by atoms with Gasteiger partial charge in [0.15, 0.2) is 11.8 Å². The maximum atomic E-state index is 13.8. The maximum absolute atomic E-state index is 13.8. The summed E-state index contributed by atoms with van der Waals surface area (Å²) in [5.74, 6) is -3.17. The molecule has 9 N–H and O–H groups in total. The molecular formula is C38H59BN8O12. The number of amides is 4. The average Bonchev–Trinajstić information content (AvgIpc) is 3.69. The summed E-state index contributed by atoms with van der Waals surface area (Å²) < 4.78 is 30.8. The molecular weight excluding hydrogens is 772 g/mol. The molecule has 0 spiro atoms. The first-order valence-corrected chi connectivity index (χ1v) is 19.1. The van der Waals surface area contributed by atoms with Crippen LogP contribution in [0.3, 0.4) is 0 Å². The van der Waals surface area contributed by atoms with Gasteiger partial charge in [0.05, 0.1) is 32.5 Å². The van der Waals surface area contributed by atoms with E-state index >= 15 is 0 Å². The van der Waals surface area contributed by atoms with E-state index < -0.39 is 101 Å². The maximum Gasteiger partial charge on any atom is 0.410 e. The van der Waals surface area contributed by atoms with Crippen LogP contribution < -0.4 is 43.5 Å². The van der Waals surface area contributed by atoms with Crippen LogP contribution in [-0.4, -0.2) is 118 Å². The number of aromatic nitrogens is 2. The van der Waals surface area contributed by atoms with E-state index in [0.29, 0.717) is 11.0 Å². The molecule has 0 unspecified atom stereocenters. The van der Waals surface area contributed by atoms with Gasteiger partial charge in [-0.1, -0.05) is 24.3 Å². The number of quaternary nitrogens is 1. The third kappa shape index (κ3) is 9.93. The Kier molecular flexibility index (Phi) is 13.5. The number of benzene rings is 1. The van der Waals surface area contributed by atoms with Gasteiger partial charge in [-0.2, -0.15) is 4.98 Å². The van der Waals surface area contributed by atoms with Gasteiger partial charge in [-0.3, -0.25) is 23.7 Å². The lowest BCUT2D eigenvalue weighted by atomic mass is 9.67. The van der Waals surface area contributed by atoms with E-state index in [9.17, 15) is 33.9 Å². The van der Waals surface area contributed by atoms with E-state index in [-0.39, 0.29) is 12.4 Å². The molecule has 2 aliphatic heterocycles. The molecule has 59 heavy (non-hydrogen) atoms. The molecule has 0 saturated carbocycles. The van der Waals surface area contributed by atoms with E-state index in [1.54, 1.807) is 37.4 Å². The lowest BCUT2D eigenvalue weighted by molar-refractivity contribution is -0.720. The average molecular weight is 832 g/mol. The van der Waals surface area contributed by atoms with Crippen molar-refractivity contribution in [2.75, 3.05) is 26.6 Å². The fourth-order valence-electron chi connectivity index (χ4n) is 6.60. The van der Waals surface area contributed by atoms with Gasteiger partial charge in [0, 0.05) is 6.20 Å². The summed E-state index contributed by atoms with van der Waals surface area (Å²) in [6, 6.07) is 8.61.